The second kappa shape index (κ2) is 19.3. The molecule has 0 bridgehead atoms. The molecule has 0 saturated heterocycles. The molecule has 0 unspecified atom stereocenters. The van der Waals surface area contributed by atoms with E-state index in [4.69, 9.17) is 0 Å². The number of azo groups is 2. The van der Waals surface area contributed by atoms with Crippen LogP contribution in [0.2, 0.25) is 0 Å². The monoisotopic (exact) mass is 845 g/mol. The first kappa shape index (κ1) is 45.5. The van der Waals surface area contributed by atoms with E-state index in [0.717, 1.165) is 12.1 Å². The average molecular weight is 846 g/mol. The summed E-state index contributed by atoms with van der Waals surface area (Å²) in [6, 6.07) is 25.1. The molecule has 0 amide bonds. The van der Waals surface area contributed by atoms with Crippen LogP contribution in [0, 0.1) is 13.8 Å². The molecule has 6 aromatic rings. The van der Waals surface area contributed by atoms with Gasteiger partial charge in [-0.25, -0.2) is 26.2 Å². The summed E-state index contributed by atoms with van der Waals surface area (Å²) < 4.78 is 50.0. The molecular formula is C36H34CrN8NaO8S2-. The number of aryl methyl sites for hydroxylation is 2. The SMILES string of the molecule is CCS(=O)(=O)c1ccc(N=Nc2c(C)[nH]n(-c3ccccc3)c2=O)c([O-])c1.CCS(=O)(=O)c1ccc(N=Nc2c(C)[nH]n(-c3ccccc3)c2=O)c([O-])c1.[Cr].[Na+]. The van der Waals surface area contributed by atoms with Crippen LogP contribution in [0.3, 0.4) is 0 Å². The van der Waals surface area contributed by atoms with Crippen LogP contribution in [0.5, 0.6) is 11.5 Å². The maximum Gasteiger partial charge on any atom is 1.00 e. The third-order valence-corrected chi connectivity index (χ3v) is 11.4. The smallest absolute Gasteiger partial charge is 0.871 e. The summed E-state index contributed by atoms with van der Waals surface area (Å²) in [7, 11) is -6.95. The van der Waals surface area contributed by atoms with Gasteiger partial charge in [0.1, 0.15) is 0 Å². The molecular weight excluding hydrogens is 812 g/mol. The van der Waals surface area contributed by atoms with Crippen molar-refractivity contribution in [2.24, 2.45) is 20.5 Å². The van der Waals surface area contributed by atoms with Crippen molar-refractivity contribution in [1.29, 1.82) is 0 Å². The number of nitrogens with zero attached hydrogens (tertiary/aromatic N) is 6. The molecule has 4 aromatic carbocycles. The summed E-state index contributed by atoms with van der Waals surface area (Å²) in [4.78, 5) is 25.0. The Morgan fingerprint density at radius 1 is 0.571 bits per heavy atom. The van der Waals surface area contributed by atoms with E-state index >= 15 is 0 Å². The first-order chi connectivity index (χ1) is 25.7. The Labute approximate surface area is 354 Å². The molecule has 16 nitrogen and oxygen atoms in total. The van der Waals surface area contributed by atoms with Crippen molar-refractivity contribution in [3.05, 3.63) is 129 Å². The molecule has 286 valence electrons. The minimum Gasteiger partial charge on any atom is -0.871 e. The maximum atomic E-state index is 12.5. The van der Waals surface area contributed by atoms with Gasteiger partial charge in [0.05, 0.1) is 55.4 Å². The van der Waals surface area contributed by atoms with Crippen LogP contribution < -0.4 is 50.9 Å². The predicted octanol–water partition coefficient (Wildman–Crippen LogP) is 2.51. The first-order valence-electron chi connectivity index (χ1n) is 16.3. The number of nitrogens with one attached hydrogen (secondary N) is 2. The zero-order valence-corrected chi connectivity index (χ0v) is 35.7. The van der Waals surface area contributed by atoms with Crippen LogP contribution in [0.4, 0.5) is 22.7 Å². The number of benzene rings is 4. The Bertz CT molecular complexity index is 2530. The maximum absolute atomic E-state index is 12.5. The van der Waals surface area contributed by atoms with E-state index in [1.54, 1.807) is 62.4 Å². The molecule has 0 aliphatic rings. The Kier molecular flexibility index (Phi) is 15.7. The number of rotatable bonds is 10. The first-order valence-corrected chi connectivity index (χ1v) is 19.6. The van der Waals surface area contributed by atoms with Gasteiger partial charge in [0.2, 0.25) is 0 Å². The molecule has 0 aliphatic carbocycles. The van der Waals surface area contributed by atoms with E-state index in [9.17, 15) is 36.6 Å². The summed E-state index contributed by atoms with van der Waals surface area (Å²) in [6.45, 7) is 6.34. The molecule has 6 rings (SSSR count). The van der Waals surface area contributed by atoms with Crippen LogP contribution in [0.15, 0.2) is 137 Å². The van der Waals surface area contributed by atoms with Crippen LogP contribution in [0.25, 0.3) is 11.4 Å². The van der Waals surface area contributed by atoms with E-state index in [1.807, 2.05) is 12.1 Å². The normalized spacial score (nSPS) is 11.5. The largest absolute Gasteiger partial charge is 1.00 e. The van der Waals surface area contributed by atoms with Gasteiger partial charge in [-0.3, -0.25) is 19.8 Å². The molecule has 2 aromatic heterocycles. The van der Waals surface area contributed by atoms with Gasteiger partial charge < -0.3 is 10.2 Å². The average Bonchev–Trinajstić information content (AvgIpc) is 3.62. The van der Waals surface area contributed by atoms with E-state index in [0.29, 0.717) is 22.8 Å². The van der Waals surface area contributed by atoms with Gasteiger partial charge in [0.15, 0.2) is 31.0 Å². The van der Waals surface area contributed by atoms with Crippen LogP contribution >= 0.6 is 0 Å². The molecule has 2 N–H and O–H groups in total. The van der Waals surface area contributed by atoms with Crippen molar-refractivity contribution in [2.75, 3.05) is 11.5 Å². The fourth-order valence-electron chi connectivity index (χ4n) is 4.91. The fraction of sp³-hybridized carbons (Fsp3) is 0.167. The van der Waals surface area contributed by atoms with Gasteiger partial charge in [-0.2, -0.15) is 10.2 Å². The zero-order valence-electron chi connectivity index (χ0n) is 30.8. The van der Waals surface area contributed by atoms with E-state index < -0.39 is 42.3 Å². The molecule has 56 heavy (non-hydrogen) atoms. The van der Waals surface area contributed by atoms with Crippen molar-refractivity contribution >= 4 is 42.4 Å². The van der Waals surface area contributed by atoms with Crippen LogP contribution in [-0.4, -0.2) is 47.9 Å². The summed E-state index contributed by atoms with van der Waals surface area (Å²) in [5.41, 5.74) is 1.52. The third kappa shape index (κ3) is 10.3. The second-order valence-corrected chi connectivity index (χ2v) is 16.1. The van der Waals surface area contributed by atoms with Gasteiger partial charge in [0.25, 0.3) is 11.1 Å². The number of aromatic nitrogens is 4. The number of H-pyrrole nitrogens is 2. The summed E-state index contributed by atoms with van der Waals surface area (Å²) in [6.07, 6.45) is 0. The predicted molar refractivity (Wildman–Crippen MR) is 198 cm³/mol. The molecule has 0 aliphatic heterocycles. The Morgan fingerprint density at radius 2 is 0.911 bits per heavy atom. The van der Waals surface area contributed by atoms with Crippen LogP contribution in [-0.2, 0) is 37.0 Å². The summed E-state index contributed by atoms with van der Waals surface area (Å²) in [5, 5.41) is 45.5. The summed E-state index contributed by atoms with van der Waals surface area (Å²) >= 11 is 0. The van der Waals surface area contributed by atoms with Gasteiger partial charge in [0, 0.05) is 17.4 Å². The molecule has 0 fully saturated rings. The topological polar surface area (TPSA) is 239 Å². The van der Waals surface area contributed by atoms with Crippen molar-refractivity contribution in [1.82, 2.24) is 19.6 Å². The fourth-order valence-corrected chi connectivity index (χ4v) is 6.70. The van der Waals surface area contributed by atoms with E-state index in [1.165, 1.54) is 47.5 Å². The molecule has 2 heterocycles. The molecule has 0 radical (unpaired) electrons. The van der Waals surface area contributed by atoms with Gasteiger partial charge >= 0.3 is 29.6 Å². The quantitative estimate of drug-likeness (QED) is 0.153. The van der Waals surface area contributed by atoms with Crippen molar-refractivity contribution < 1.29 is 74.0 Å². The molecule has 0 atom stereocenters. The standard InChI is InChI=1S/2C18H18N4O4S.Cr.Na/c2*1-3-27(25,26)14-9-10-15(16(23)11-14)19-20-17-12(2)21-22(18(17)24)13-7-5-4-6-8-13;;/h2*4-11,21,23H,3H2,1-2H3;;/q;;;+1/p-2. The number of sulfone groups is 2. The minimum atomic E-state index is -3.48. The van der Waals surface area contributed by atoms with Crippen LogP contribution in [0.1, 0.15) is 25.2 Å². The number of hydrogen-bond acceptors (Lipinski definition) is 12. The van der Waals surface area contributed by atoms with Gasteiger partial charge in [-0.05, 0) is 74.5 Å². The molecule has 0 saturated carbocycles. The van der Waals surface area contributed by atoms with Crippen molar-refractivity contribution in [3.63, 3.8) is 0 Å². The zero-order chi connectivity index (χ0) is 39.2. The number of aromatic amines is 2. The second-order valence-electron chi connectivity index (χ2n) is 11.6. The molecule has 20 heteroatoms. The van der Waals surface area contributed by atoms with E-state index in [2.05, 4.69) is 30.7 Å². The van der Waals surface area contributed by atoms with Gasteiger partial charge in [-0.15, -0.1) is 10.2 Å². The van der Waals surface area contributed by atoms with Gasteiger partial charge in [-0.1, -0.05) is 61.7 Å². The third-order valence-electron chi connectivity index (χ3n) is 7.97. The Balaban J connectivity index is 0.000000290. The summed E-state index contributed by atoms with van der Waals surface area (Å²) in [5.74, 6) is -1.36. The molecule has 0 spiro atoms. The Morgan fingerprint density at radius 3 is 1.21 bits per heavy atom. The number of hydrogen-bond donors (Lipinski definition) is 2. The van der Waals surface area contributed by atoms with Crippen molar-refractivity contribution in [3.8, 4) is 22.9 Å². The van der Waals surface area contributed by atoms with E-state index in [-0.39, 0.29) is 91.0 Å². The Hall–Kier alpha value is -4.87. The minimum absolute atomic E-state index is 0. The van der Waals surface area contributed by atoms with Crippen molar-refractivity contribution in [2.45, 2.75) is 37.5 Å². The number of para-hydroxylation sites is 2.